The number of nitrogens with zero attached hydrogens (tertiary/aromatic N) is 3. The van der Waals surface area contributed by atoms with E-state index in [9.17, 15) is 33.5 Å². The van der Waals surface area contributed by atoms with E-state index in [0.717, 1.165) is 40.4 Å². The molecule has 4 rings (SSSR count). The molecule has 3 aromatic rings. The number of ether oxygens (including phenoxy) is 1. The van der Waals surface area contributed by atoms with Crippen LogP contribution in [-0.2, 0) is 35.3 Å². The minimum absolute atomic E-state index is 0.00969. The molecule has 4 atom stereocenters. The molecular formula is C39H50F2N6O8S. The number of amides is 4. The minimum atomic E-state index is -1.19. The lowest BCUT2D eigenvalue weighted by Crippen LogP contribution is -2.48. The summed E-state index contributed by atoms with van der Waals surface area (Å²) in [7, 11) is 0. The Morgan fingerprint density at radius 1 is 1.05 bits per heavy atom. The van der Waals surface area contributed by atoms with E-state index in [0.29, 0.717) is 17.8 Å². The summed E-state index contributed by atoms with van der Waals surface area (Å²) in [6.45, 7) is 5.36. The SMILES string of the molecule is CC(C)(C)[C@H](c1cc(-c2cc(F)ccc2F)cn1Cc1ccccc1)N(CC[C@H](N)C(=O)NCCOCCN1C(=O)CC(SC[C@H](N)C(=O)O)C1=O)C(=O)CO. The number of rotatable bonds is 20. The molecule has 1 aromatic heterocycles. The molecule has 2 heterocycles. The van der Waals surface area contributed by atoms with Crippen LogP contribution in [0.5, 0.6) is 0 Å². The first kappa shape index (κ1) is 44.0. The number of carbonyl (C=O) groups is 5. The van der Waals surface area contributed by atoms with Gasteiger partial charge in [-0.15, -0.1) is 11.8 Å². The quantitative estimate of drug-likeness (QED) is 0.0828. The van der Waals surface area contributed by atoms with Crippen LogP contribution in [0.25, 0.3) is 11.1 Å². The van der Waals surface area contributed by atoms with Gasteiger partial charge in [0.1, 0.15) is 24.3 Å². The summed E-state index contributed by atoms with van der Waals surface area (Å²) < 4.78 is 36.7. The number of hydrogen-bond acceptors (Lipinski definition) is 10. The Labute approximate surface area is 328 Å². The van der Waals surface area contributed by atoms with E-state index in [1.54, 1.807) is 12.3 Å². The van der Waals surface area contributed by atoms with Crippen molar-refractivity contribution in [2.45, 2.75) is 63.5 Å². The van der Waals surface area contributed by atoms with Crippen LogP contribution in [0, 0.1) is 17.0 Å². The van der Waals surface area contributed by atoms with Crippen LogP contribution in [-0.4, -0.2) is 117 Å². The Morgan fingerprint density at radius 3 is 2.43 bits per heavy atom. The fraction of sp³-hybridized carbons (Fsp3) is 0.462. The van der Waals surface area contributed by atoms with Gasteiger partial charge in [-0.3, -0.25) is 28.9 Å². The monoisotopic (exact) mass is 800 g/mol. The summed E-state index contributed by atoms with van der Waals surface area (Å²) in [4.78, 5) is 64.8. The van der Waals surface area contributed by atoms with Gasteiger partial charge in [-0.25, -0.2) is 8.78 Å². The molecule has 0 aliphatic carbocycles. The second kappa shape index (κ2) is 20.0. The summed E-state index contributed by atoms with van der Waals surface area (Å²) in [6.07, 6.45) is 1.67. The largest absolute Gasteiger partial charge is 0.480 e. The zero-order valence-electron chi connectivity index (χ0n) is 31.7. The molecule has 1 fully saturated rings. The standard InChI is InChI=1S/C39H50F2N6O8S/c1-39(2,3)35(31-17-25(27-18-26(40)9-10-28(27)41)21-45(31)20-24-7-5-4-6-8-24)46(34(50)22-48)13-11-29(42)36(51)44-12-15-55-16-14-47-33(49)19-32(37(47)52)56-23-30(43)38(53)54/h4-10,17-18,21,29-30,32,35,48H,11-16,19-20,22-23,42-43H2,1-3H3,(H,44,51)(H,53,54)/t29-,30-,32?,35-/m0/s1. The van der Waals surface area contributed by atoms with Crippen LogP contribution in [0.3, 0.4) is 0 Å². The molecule has 0 spiro atoms. The Morgan fingerprint density at radius 2 is 1.77 bits per heavy atom. The predicted octanol–water partition coefficient (Wildman–Crippen LogP) is 2.51. The van der Waals surface area contributed by atoms with Gasteiger partial charge >= 0.3 is 5.97 Å². The zero-order chi connectivity index (χ0) is 41.2. The van der Waals surface area contributed by atoms with Crippen LogP contribution < -0.4 is 16.8 Å². The molecule has 0 radical (unpaired) electrons. The third-order valence-electron chi connectivity index (χ3n) is 9.25. The first-order valence-electron chi connectivity index (χ1n) is 18.2. The van der Waals surface area contributed by atoms with Crippen molar-refractivity contribution in [1.82, 2.24) is 19.7 Å². The van der Waals surface area contributed by atoms with Crippen molar-refractivity contribution >= 4 is 41.4 Å². The highest BCUT2D eigenvalue weighted by molar-refractivity contribution is 8.00. The third-order valence-corrected chi connectivity index (χ3v) is 10.6. The molecule has 7 N–H and O–H groups in total. The molecule has 14 nitrogen and oxygen atoms in total. The number of carbonyl (C=O) groups excluding carboxylic acids is 4. The van der Waals surface area contributed by atoms with Crippen LogP contribution in [0.2, 0.25) is 0 Å². The molecule has 4 amide bonds. The number of halogens is 2. The predicted molar refractivity (Wildman–Crippen MR) is 206 cm³/mol. The van der Waals surface area contributed by atoms with Gasteiger partial charge in [0.15, 0.2) is 0 Å². The topological polar surface area (TPSA) is 211 Å². The highest BCUT2D eigenvalue weighted by Crippen LogP contribution is 2.41. The van der Waals surface area contributed by atoms with E-state index in [1.165, 1.54) is 4.90 Å². The van der Waals surface area contributed by atoms with Crippen LogP contribution >= 0.6 is 11.8 Å². The average molecular weight is 801 g/mol. The van der Waals surface area contributed by atoms with E-state index in [1.807, 2.05) is 55.7 Å². The molecule has 0 bridgehead atoms. The number of carboxylic acid groups (broad SMARTS) is 1. The lowest BCUT2D eigenvalue weighted by atomic mass is 9.82. The van der Waals surface area contributed by atoms with Gasteiger partial charge in [-0.05, 0) is 41.7 Å². The first-order chi connectivity index (χ1) is 26.5. The number of benzene rings is 2. The number of imide groups is 1. The number of aliphatic hydroxyl groups excluding tert-OH is 1. The molecule has 304 valence electrons. The van der Waals surface area contributed by atoms with Crippen molar-refractivity contribution < 1.29 is 47.7 Å². The number of aliphatic hydroxyl groups is 1. The second-order valence-corrected chi connectivity index (χ2v) is 15.8. The highest BCUT2D eigenvalue weighted by Gasteiger charge is 2.39. The average Bonchev–Trinajstić information content (AvgIpc) is 3.68. The van der Waals surface area contributed by atoms with Gasteiger partial charge in [-0.1, -0.05) is 51.1 Å². The molecule has 1 aliphatic heterocycles. The maximum absolute atomic E-state index is 15.0. The van der Waals surface area contributed by atoms with Crippen molar-refractivity contribution in [1.29, 1.82) is 0 Å². The van der Waals surface area contributed by atoms with Crippen LogP contribution in [0.4, 0.5) is 8.78 Å². The molecule has 1 unspecified atom stereocenters. The fourth-order valence-corrected chi connectivity index (χ4v) is 7.57. The van der Waals surface area contributed by atoms with Crippen molar-refractivity contribution in [3.8, 4) is 11.1 Å². The van der Waals surface area contributed by atoms with Gasteiger partial charge in [0.25, 0.3) is 0 Å². The second-order valence-electron chi connectivity index (χ2n) is 14.6. The summed E-state index contributed by atoms with van der Waals surface area (Å²) in [5, 5.41) is 21.0. The third kappa shape index (κ3) is 11.7. The van der Waals surface area contributed by atoms with Crippen molar-refractivity contribution in [3.05, 3.63) is 83.7 Å². The van der Waals surface area contributed by atoms with Crippen molar-refractivity contribution in [2.75, 3.05) is 45.2 Å². The Balaban J connectivity index is 1.38. The highest BCUT2D eigenvalue weighted by atomic mass is 32.2. The number of likely N-dealkylation sites (tertiary alicyclic amines) is 1. The fourth-order valence-electron chi connectivity index (χ4n) is 6.45. The number of aliphatic carboxylic acids is 1. The minimum Gasteiger partial charge on any atom is -0.480 e. The number of carboxylic acids is 1. The zero-order valence-corrected chi connectivity index (χ0v) is 32.5. The van der Waals surface area contributed by atoms with Gasteiger partial charge in [0, 0.05) is 54.8 Å². The Kier molecular flexibility index (Phi) is 15.7. The van der Waals surface area contributed by atoms with Crippen molar-refractivity contribution in [2.24, 2.45) is 16.9 Å². The van der Waals surface area contributed by atoms with E-state index in [4.69, 9.17) is 21.3 Å². The molecule has 17 heteroatoms. The summed E-state index contributed by atoms with van der Waals surface area (Å²) in [6, 6.07) is 11.5. The van der Waals surface area contributed by atoms with Crippen LogP contribution in [0.15, 0.2) is 60.8 Å². The lowest BCUT2D eigenvalue weighted by Gasteiger charge is -2.41. The van der Waals surface area contributed by atoms with E-state index >= 15 is 4.39 Å². The van der Waals surface area contributed by atoms with Crippen molar-refractivity contribution in [3.63, 3.8) is 0 Å². The van der Waals surface area contributed by atoms with Gasteiger partial charge in [0.05, 0.1) is 37.1 Å². The smallest absolute Gasteiger partial charge is 0.321 e. The number of aromatic nitrogens is 1. The molecule has 0 saturated carbocycles. The van der Waals surface area contributed by atoms with Gasteiger partial charge in [-0.2, -0.15) is 0 Å². The molecule has 2 aromatic carbocycles. The van der Waals surface area contributed by atoms with Crippen LogP contribution in [0.1, 0.15) is 50.9 Å². The maximum Gasteiger partial charge on any atom is 0.321 e. The lowest BCUT2D eigenvalue weighted by molar-refractivity contribution is -0.140. The maximum atomic E-state index is 15.0. The first-order valence-corrected chi connectivity index (χ1v) is 19.2. The summed E-state index contributed by atoms with van der Waals surface area (Å²) in [5.74, 6) is -4.39. The number of thioether (sulfide) groups is 1. The molecule has 1 saturated heterocycles. The Hall–Kier alpha value is -4.68. The number of nitrogens with one attached hydrogen (secondary N) is 1. The summed E-state index contributed by atoms with van der Waals surface area (Å²) in [5.41, 5.74) is 13.1. The number of hydrogen-bond donors (Lipinski definition) is 5. The molecule has 56 heavy (non-hydrogen) atoms. The van der Waals surface area contributed by atoms with E-state index in [-0.39, 0.29) is 57.0 Å². The van der Waals surface area contributed by atoms with Gasteiger partial charge in [0.2, 0.25) is 23.6 Å². The number of nitrogens with two attached hydrogens (primary N) is 2. The van der Waals surface area contributed by atoms with Gasteiger partial charge < -0.3 is 41.2 Å². The summed E-state index contributed by atoms with van der Waals surface area (Å²) >= 11 is 1.02. The molecular weight excluding hydrogens is 751 g/mol. The van der Waals surface area contributed by atoms with E-state index < -0.39 is 76.6 Å². The normalized spacial score (nSPS) is 16.1. The molecule has 1 aliphatic rings. The van der Waals surface area contributed by atoms with E-state index in [2.05, 4.69) is 5.32 Å². The Bertz CT molecular complexity index is 1860.